The summed E-state index contributed by atoms with van der Waals surface area (Å²) in [6.45, 7) is 20.0. The van der Waals surface area contributed by atoms with E-state index in [0.717, 1.165) is 0 Å². The third-order valence-corrected chi connectivity index (χ3v) is 0. The topological polar surface area (TPSA) is 0 Å². The Balaban J connectivity index is -0.00000000500. The van der Waals surface area contributed by atoms with E-state index >= 15 is 0 Å². The van der Waals surface area contributed by atoms with Gasteiger partial charge < -0.3 is 35.1 Å². The van der Waals surface area contributed by atoms with Gasteiger partial charge in [-0.15, -0.1) is 0 Å². The van der Waals surface area contributed by atoms with Crippen LogP contribution in [0.5, 0.6) is 0 Å². The quantitative estimate of drug-likeness (QED) is 0.391. The molecule has 0 N–H and O–H groups in total. The maximum absolute atomic E-state index is 3.25. The van der Waals surface area contributed by atoms with E-state index in [1.54, 1.807) is 27.7 Å². The molecule has 0 aliphatic carbocycles. The molecule has 0 saturated carbocycles. The molecule has 68 valence electrons. The molecule has 0 aliphatic heterocycles. The zero-order chi connectivity index (χ0) is 8.00. The maximum atomic E-state index is 3.25. The predicted octanol–water partition coefficient (Wildman–Crippen LogP) is 3.81. The minimum absolute atomic E-state index is 0. The van der Waals surface area contributed by atoms with Crippen LogP contribution in [0.25, 0.3) is 0 Å². The summed E-state index contributed by atoms with van der Waals surface area (Å²) in [6, 6.07) is 0. The molecule has 0 nitrogen and oxygen atoms in total. The van der Waals surface area contributed by atoms with Crippen LogP contribution >= 0.6 is 0 Å². The predicted molar refractivity (Wildman–Crippen MR) is 50.5 cm³/mol. The third kappa shape index (κ3) is 1020. The van der Waals surface area contributed by atoms with Gasteiger partial charge in [-0.25, -0.2) is 0 Å². The SMILES string of the molecule is [CH2-]C.[CH2-]C.[CH2-]C.[CH2-]C.[CH3-].[Ti]. The molecule has 0 aromatic rings. The van der Waals surface area contributed by atoms with Gasteiger partial charge in [-0.2, -0.15) is 27.7 Å². The Kier molecular flexibility index (Phi) is 6580. The number of rotatable bonds is 0. The Labute approximate surface area is 84.7 Å². The van der Waals surface area contributed by atoms with Crippen LogP contribution in [-0.4, -0.2) is 0 Å². The molecular formula is C9H23Ti-5. The molecule has 0 fully saturated rings. The van der Waals surface area contributed by atoms with Crippen molar-refractivity contribution in [2.24, 2.45) is 0 Å². The third-order valence-electron chi connectivity index (χ3n) is 0. The molecule has 0 saturated heterocycles. The average Bonchev–Trinajstić information content (AvgIpc) is 2.03. The zero-order valence-electron chi connectivity index (χ0n) is 8.33. The van der Waals surface area contributed by atoms with Crippen LogP contribution in [0.1, 0.15) is 27.7 Å². The van der Waals surface area contributed by atoms with Gasteiger partial charge in [0.2, 0.25) is 0 Å². The Hall–Kier alpha value is 0.714. The van der Waals surface area contributed by atoms with Crippen LogP contribution in [0.4, 0.5) is 0 Å². The van der Waals surface area contributed by atoms with Crippen molar-refractivity contribution >= 4 is 0 Å². The Morgan fingerprint density at radius 2 is 0.500 bits per heavy atom. The Bertz CT molecular complexity index is 4.69. The van der Waals surface area contributed by atoms with Crippen LogP contribution in [0.3, 0.4) is 0 Å². The minimum Gasteiger partial charge on any atom is -0.358 e. The summed E-state index contributed by atoms with van der Waals surface area (Å²) in [4.78, 5) is 0. The van der Waals surface area contributed by atoms with E-state index in [4.69, 9.17) is 0 Å². The van der Waals surface area contributed by atoms with Gasteiger partial charge in [0.15, 0.2) is 0 Å². The smallest absolute Gasteiger partial charge is 0 e. The number of hydrogen-bond acceptors (Lipinski definition) is 0. The molecule has 0 atom stereocenters. The first kappa shape index (κ1) is 45.5. The van der Waals surface area contributed by atoms with E-state index in [0.29, 0.717) is 0 Å². The van der Waals surface area contributed by atoms with Crippen molar-refractivity contribution < 1.29 is 21.7 Å². The molecule has 10 heavy (non-hydrogen) atoms. The van der Waals surface area contributed by atoms with Crippen molar-refractivity contribution in [3.63, 3.8) is 0 Å². The maximum Gasteiger partial charge on any atom is 0 e. The van der Waals surface area contributed by atoms with E-state index in [1.807, 2.05) is 0 Å². The standard InChI is InChI=1S/4C2H5.CH3.Ti/c4*1-2;;/h4*1H2,2H3;1H3;/q5*-1;. The second kappa shape index (κ2) is 1450. The van der Waals surface area contributed by atoms with Gasteiger partial charge in [0.05, 0.1) is 0 Å². The summed E-state index contributed by atoms with van der Waals surface area (Å²) in [5.41, 5.74) is 0. The molecule has 0 radical (unpaired) electrons. The second-order valence-corrected chi connectivity index (χ2v) is 0. The van der Waals surface area contributed by atoms with Gasteiger partial charge in [-0.1, -0.05) is 0 Å². The molecule has 0 aromatic heterocycles. The van der Waals surface area contributed by atoms with E-state index in [-0.39, 0.29) is 29.1 Å². The largest absolute Gasteiger partial charge is 0.358 e. The molecule has 0 spiro atoms. The number of hydrogen-bond donors (Lipinski definition) is 0. The van der Waals surface area contributed by atoms with Crippen molar-refractivity contribution in [3.05, 3.63) is 35.1 Å². The summed E-state index contributed by atoms with van der Waals surface area (Å²) >= 11 is 0. The summed E-state index contributed by atoms with van der Waals surface area (Å²) in [6.07, 6.45) is 0. The fourth-order valence-corrected chi connectivity index (χ4v) is 0. The van der Waals surface area contributed by atoms with Crippen molar-refractivity contribution in [2.75, 3.05) is 0 Å². The molecule has 0 heterocycles. The molecule has 0 rings (SSSR count). The summed E-state index contributed by atoms with van der Waals surface area (Å²) in [5, 5.41) is 0. The molecular weight excluding hydrogens is 156 g/mol. The summed E-state index contributed by atoms with van der Waals surface area (Å²) < 4.78 is 0. The Morgan fingerprint density at radius 1 is 0.500 bits per heavy atom. The van der Waals surface area contributed by atoms with E-state index in [1.165, 1.54) is 0 Å². The van der Waals surface area contributed by atoms with Gasteiger partial charge in [0, 0.05) is 21.7 Å². The molecule has 1 heteroatoms. The monoisotopic (exact) mass is 179 g/mol. The van der Waals surface area contributed by atoms with Gasteiger partial charge >= 0.3 is 0 Å². The van der Waals surface area contributed by atoms with E-state index in [9.17, 15) is 0 Å². The van der Waals surface area contributed by atoms with Crippen LogP contribution in [-0.2, 0) is 21.7 Å². The van der Waals surface area contributed by atoms with Gasteiger partial charge in [-0.05, 0) is 0 Å². The zero-order valence-corrected chi connectivity index (χ0v) is 9.89. The van der Waals surface area contributed by atoms with Gasteiger partial charge in [0.1, 0.15) is 0 Å². The average molecular weight is 179 g/mol. The first-order chi connectivity index (χ1) is 4.00. The molecule has 0 bridgehead atoms. The first-order valence-corrected chi connectivity index (χ1v) is 2.83. The second-order valence-electron chi connectivity index (χ2n) is 0. The van der Waals surface area contributed by atoms with Gasteiger partial charge in [-0.3, -0.25) is 0 Å². The van der Waals surface area contributed by atoms with Gasteiger partial charge in [0.25, 0.3) is 0 Å². The molecule has 0 unspecified atom stereocenters. The summed E-state index contributed by atoms with van der Waals surface area (Å²) in [5.74, 6) is 0. The normalized spacial score (nSPS) is 2.40. The van der Waals surface area contributed by atoms with Crippen molar-refractivity contribution in [1.82, 2.24) is 0 Å². The molecule has 0 aromatic carbocycles. The van der Waals surface area contributed by atoms with Crippen molar-refractivity contribution in [2.45, 2.75) is 27.7 Å². The van der Waals surface area contributed by atoms with Crippen molar-refractivity contribution in [3.8, 4) is 0 Å². The first-order valence-electron chi connectivity index (χ1n) is 2.83. The van der Waals surface area contributed by atoms with Crippen LogP contribution in [0, 0.1) is 35.1 Å². The van der Waals surface area contributed by atoms with E-state index < -0.39 is 0 Å². The molecule has 0 amide bonds. The minimum atomic E-state index is 0. The van der Waals surface area contributed by atoms with Crippen LogP contribution < -0.4 is 0 Å². The van der Waals surface area contributed by atoms with Crippen LogP contribution in [0.15, 0.2) is 0 Å². The fraction of sp³-hybridized carbons (Fsp3) is 0.444. The summed E-state index contributed by atoms with van der Waals surface area (Å²) in [7, 11) is 0. The van der Waals surface area contributed by atoms with Crippen LogP contribution in [0.2, 0.25) is 0 Å². The van der Waals surface area contributed by atoms with Crippen molar-refractivity contribution in [1.29, 1.82) is 0 Å². The van der Waals surface area contributed by atoms with E-state index in [2.05, 4.69) is 27.7 Å². The molecule has 0 aliphatic rings. The fourth-order valence-electron chi connectivity index (χ4n) is 0. The Morgan fingerprint density at radius 3 is 0.500 bits per heavy atom.